The van der Waals surface area contributed by atoms with Crippen LogP contribution in [0.1, 0.15) is 43.4 Å². The highest BCUT2D eigenvalue weighted by molar-refractivity contribution is 5.29. The maximum atomic E-state index is 5.45. The van der Waals surface area contributed by atoms with Crippen molar-refractivity contribution in [1.82, 2.24) is 5.32 Å². The number of methoxy groups -OCH3 is 1. The van der Waals surface area contributed by atoms with E-state index >= 15 is 0 Å². The van der Waals surface area contributed by atoms with E-state index in [1.54, 1.807) is 7.11 Å². The molecule has 2 rings (SSSR count). The topological polar surface area (TPSA) is 21.3 Å². The molecule has 94 valence electrons. The second-order valence-electron chi connectivity index (χ2n) is 4.93. The molecule has 1 fully saturated rings. The van der Waals surface area contributed by atoms with Crippen molar-refractivity contribution in [3.8, 4) is 0 Å². The molecule has 2 nitrogen and oxygen atoms in total. The summed E-state index contributed by atoms with van der Waals surface area (Å²) in [7, 11) is 1.78. The van der Waals surface area contributed by atoms with Crippen molar-refractivity contribution in [3.05, 3.63) is 35.4 Å². The Balaban J connectivity index is 2.08. The van der Waals surface area contributed by atoms with Crippen molar-refractivity contribution in [2.24, 2.45) is 0 Å². The van der Waals surface area contributed by atoms with Gasteiger partial charge in [-0.1, -0.05) is 30.7 Å². The average Bonchev–Trinajstić information content (AvgIpc) is 2.40. The van der Waals surface area contributed by atoms with Gasteiger partial charge >= 0.3 is 0 Å². The Bertz CT molecular complexity index is 345. The van der Waals surface area contributed by atoms with Gasteiger partial charge in [0.1, 0.15) is 0 Å². The van der Waals surface area contributed by atoms with Crippen molar-refractivity contribution >= 4 is 0 Å². The van der Waals surface area contributed by atoms with Crippen molar-refractivity contribution in [1.29, 1.82) is 0 Å². The third kappa shape index (κ3) is 3.30. The highest BCUT2D eigenvalue weighted by atomic mass is 16.5. The van der Waals surface area contributed by atoms with E-state index in [1.165, 1.54) is 36.9 Å². The fraction of sp³-hybridized carbons (Fsp3) is 0.600. The fourth-order valence-electron chi connectivity index (χ4n) is 2.61. The Kier molecular flexibility index (Phi) is 4.57. The van der Waals surface area contributed by atoms with Crippen LogP contribution in [0.2, 0.25) is 0 Å². The molecule has 2 atom stereocenters. The molecule has 0 radical (unpaired) electrons. The van der Waals surface area contributed by atoms with Crippen LogP contribution < -0.4 is 5.32 Å². The lowest BCUT2D eigenvalue weighted by Crippen LogP contribution is -2.35. The molecule has 0 amide bonds. The SMILES string of the molecule is COC(C)c1ccccc1CC1CCCCN1. The number of ether oxygens (including phenoxy) is 1. The Hall–Kier alpha value is -0.860. The number of nitrogens with one attached hydrogen (secondary N) is 1. The zero-order valence-electron chi connectivity index (χ0n) is 10.9. The normalized spacial score (nSPS) is 22.4. The van der Waals surface area contributed by atoms with Gasteiger partial charge in [0.25, 0.3) is 0 Å². The Morgan fingerprint density at radius 1 is 1.35 bits per heavy atom. The smallest absolute Gasteiger partial charge is 0.0795 e. The van der Waals surface area contributed by atoms with E-state index in [0.717, 1.165) is 6.42 Å². The quantitative estimate of drug-likeness (QED) is 0.863. The van der Waals surface area contributed by atoms with Crippen LogP contribution in [-0.4, -0.2) is 19.7 Å². The first-order valence-corrected chi connectivity index (χ1v) is 6.65. The number of hydrogen-bond donors (Lipinski definition) is 1. The summed E-state index contributed by atoms with van der Waals surface area (Å²) in [6, 6.07) is 9.30. The van der Waals surface area contributed by atoms with Gasteiger partial charge in [0.15, 0.2) is 0 Å². The molecule has 0 saturated carbocycles. The summed E-state index contributed by atoms with van der Waals surface area (Å²) in [5, 5.41) is 3.61. The van der Waals surface area contributed by atoms with Gasteiger partial charge in [0.2, 0.25) is 0 Å². The van der Waals surface area contributed by atoms with Crippen LogP contribution in [0.5, 0.6) is 0 Å². The van der Waals surface area contributed by atoms with E-state index in [4.69, 9.17) is 4.74 Å². The molecule has 1 aliphatic rings. The van der Waals surface area contributed by atoms with Crippen LogP contribution in [0.15, 0.2) is 24.3 Å². The van der Waals surface area contributed by atoms with Crippen LogP contribution >= 0.6 is 0 Å². The lowest BCUT2D eigenvalue weighted by atomic mass is 9.93. The van der Waals surface area contributed by atoms with Gasteiger partial charge in [-0.05, 0) is 43.9 Å². The molecule has 2 unspecified atom stereocenters. The maximum Gasteiger partial charge on any atom is 0.0795 e. The summed E-state index contributed by atoms with van der Waals surface area (Å²) in [5.41, 5.74) is 2.77. The number of piperidine rings is 1. The molecule has 1 heterocycles. The van der Waals surface area contributed by atoms with Gasteiger partial charge in [0, 0.05) is 13.2 Å². The molecule has 0 spiro atoms. The highest BCUT2D eigenvalue weighted by Crippen LogP contribution is 2.23. The molecular weight excluding hydrogens is 210 g/mol. The lowest BCUT2D eigenvalue weighted by Gasteiger charge is -2.25. The second kappa shape index (κ2) is 6.18. The lowest BCUT2D eigenvalue weighted by molar-refractivity contribution is 0.118. The molecule has 0 aliphatic carbocycles. The predicted molar refractivity (Wildman–Crippen MR) is 71.2 cm³/mol. The van der Waals surface area contributed by atoms with Crippen molar-refractivity contribution < 1.29 is 4.74 Å². The standard InChI is InChI=1S/C15H23NO/c1-12(17-2)15-9-4-3-7-13(15)11-14-8-5-6-10-16-14/h3-4,7,9,12,14,16H,5-6,8,10-11H2,1-2H3. The van der Waals surface area contributed by atoms with Gasteiger partial charge in [-0.2, -0.15) is 0 Å². The summed E-state index contributed by atoms with van der Waals surface area (Å²) < 4.78 is 5.45. The van der Waals surface area contributed by atoms with E-state index in [0.29, 0.717) is 6.04 Å². The van der Waals surface area contributed by atoms with Gasteiger partial charge in [-0.25, -0.2) is 0 Å². The van der Waals surface area contributed by atoms with Crippen LogP contribution in [-0.2, 0) is 11.2 Å². The number of rotatable bonds is 4. The summed E-state index contributed by atoms with van der Waals surface area (Å²) >= 11 is 0. The van der Waals surface area contributed by atoms with Gasteiger partial charge in [-0.3, -0.25) is 0 Å². The van der Waals surface area contributed by atoms with E-state index in [2.05, 4.69) is 36.5 Å². The highest BCUT2D eigenvalue weighted by Gasteiger charge is 2.16. The predicted octanol–water partition coefficient (Wildman–Crippen LogP) is 3.08. The minimum atomic E-state index is 0.190. The molecular formula is C15H23NO. The number of benzene rings is 1. The summed E-state index contributed by atoms with van der Waals surface area (Å²) in [6.07, 6.45) is 5.31. The van der Waals surface area contributed by atoms with Crippen molar-refractivity contribution in [2.45, 2.75) is 44.8 Å². The fourth-order valence-corrected chi connectivity index (χ4v) is 2.61. The molecule has 17 heavy (non-hydrogen) atoms. The summed E-state index contributed by atoms with van der Waals surface area (Å²) in [5.74, 6) is 0. The first-order valence-electron chi connectivity index (χ1n) is 6.65. The van der Waals surface area contributed by atoms with Gasteiger partial charge in [-0.15, -0.1) is 0 Å². The van der Waals surface area contributed by atoms with Gasteiger partial charge in [0.05, 0.1) is 6.10 Å². The van der Waals surface area contributed by atoms with E-state index in [1.807, 2.05) is 0 Å². The van der Waals surface area contributed by atoms with Gasteiger partial charge < -0.3 is 10.1 Å². The molecule has 2 heteroatoms. The van der Waals surface area contributed by atoms with Crippen LogP contribution in [0.25, 0.3) is 0 Å². The van der Waals surface area contributed by atoms with E-state index in [-0.39, 0.29) is 6.10 Å². The molecule has 1 aliphatic heterocycles. The summed E-state index contributed by atoms with van der Waals surface area (Å²) in [4.78, 5) is 0. The monoisotopic (exact) mass is 233 g/mol. The Morgan fingerprint density at radius 2 is 2.18 bits per heavy atom. The molecule has 0 aromatic heterocycles. The first kappa shape index (κ1) is 12.6. The minimum absolute atomic E-state index is 0.190. The molecule has 0 bridgehead atoms. The van der Waals surface area contributed by atoms with Crippen LogP contribution in [0.4, 0.5) is 0 Å². The number of hydrogen-bond acceptors (Lipinski definition) is 2. The van der Waals surface area contributed by atoms with Crippen molar-refractivity contribution in [3.63, 3.8) is 0 Å². The maximum absolute atomic E-state index is 5.45. The van der Waals surface area contributed by atoms with E-state index in [9.17, 15) is 0 Å². The largest absolute Gasteiger partial charge is 0.377 e. The zero-order valence-corrected chi connectivity index (χ0v) is 10.9. The second-order valence-corrected chi connectivity index (χ2v) is 4.93. The summed E-state index contributed by atoms with van der Waals surface area (Å²) in [6.45, 7) is 3.29. The third-order valence-corrected chi connectivity index (χ3v) is 3.73. The average molecular weight is 233 g/mol. The first-order chi connectivity index (χ1) is 8.31. The minimum Gasteiger partial charge on any atom is -0.377 e. The molecule has 1 saturated heterocycles. The molecule has 1 aromatic carbocycles. The Morgan fingerprint density at radius 3 is 2.88 bits per heavy atom. The van der Waals surface area contributed by atoms with E-state index < -0.39 is 0 Å². The van der Waals surface area contributed by atoms with Crippen LogP contribution in [0, 0.1) is 0 Å². The molecule has 1 aromatic rings. The van der Waals surface area contributed by atoms with Crippen LogP contribution in [0.3, 0.4) is 0 Å². The Labute approximate surface area is 104 Å². The molecule has 1 N–H and O–H groups in total. The third-order valence-electron chi connectivity index (χ3n) is 3.73. The zero-order chi connectivity index (χ0) is 12.1. The van der Waals surface area contributed by atoms with Crippen molar-refractivity contribution in [2.75, 3.05) is 13.7 Å².